The van der Waals surface area contributed by atoms with Crippen molar-refractivity contribution in [1.29, 1.82) is 0 Å². The molecule has 2 aromatic heterocycles. The Hall–Kier alpha value is -2.17. The maximum Gasteiger partial charge on any atom is 0.260 e. The lowest BCUT2D eigenvalue weighted by atomic mass is 10.0. The Bertz CT molecular complexity index is 750. The van der Waals surface area contributed by atoms with E-state index in [1.54, 1.807) is 35.2 Å². The van der Waals surface area contributed by atoms with Gasteiger partial charge in [-0.25, -0.2) is 0 Å². The number of nitrogens with zero attached hydrogens (tertiary/aromatic N) is 2. The summed E-state index contributed by atoms with van der Waals surface area (Å²) in [7, 11) is 0. The molecular formula is C19H27N3O2. The molecule has 24 heavy (non-hydrogen) atoms. The third kappa shape index (κ3) is 4.43. The van der Waals surface area contributed by atoms with Crippen LogP contribution >= 0.6 is 0 Å². The second-order valence-corrected chi connectivity index (χ2v) is 7.08. The molecule has 0 bridgehead atoms. The van der Waals surface area contributed by atoms with Gasteiger partial charge >= 0.3 is 0 Å². The predicted octanol–water partition coefficient (Wildman–Crippen LogP) is 3.15. The quantitative estimate of drug-likeness (QED) is 0.849. The van der Waals surface area contributed by atoms with Crippen LogP contribution in [0.4, 0.5) is 0 Å². The largest absolute Gasteiger partial charge is 0.354 e. The number of fused-ring (bicyclic) bond motifs is 1. The van der Waals surface area contributed by atoms with Crippen molar-refractivity contribution in [2.75, 3.05) is 6.54 Å². The summed E-state index contributed by atoms with van der Waals surface area (Å²) in [6.45, 7) is 9.00. The molecule has 5 heteroatoms. The van der Waals surface area contributed by atoms with E-state index in [1.165, 1.54) is 0 Å². The molecule has 2 aromatic rings. The van der Waals surface area contributed by atoms with Gasteiger partial charge in [-0.3, -0.25) is 14.6 Å². The zero-order valence-corrected chi connectivity index (χ0v) is 15.0. The molecule has 0 aliphatic heterocycles. The molecule has 5 nitrogen and oxygen atoms in total. The van der Waals surface area contributed by atoms with Gasteiger partial charge in [0.15, 0.2) is 0 Å². The molecular weight excluding hydrogens is 302 g/mol. The van der Waals surface area contributed by atoms with Gasteiger partial charge < -0.3 is 9.88 Å². The van der Waals surface area contributed by atoms with Gasteiger partial charge in [0, 0.05) is 18.9 Å². The lowest BCUT2D eigenvalue weighted by molar-refractivity contribution is -0.124. The third-order valence-electron chi connectivity index (χ3n) is 4.05. The zero-order valence-electron chi connectivity index (χ0n) is 15.0. The molecule has 0 fully saturated rings. The Balaban J connectivity index is 2.32. The summed E-state index contributed by atoms with van der Waals surface area (Å²) in [5.41, 5.74) is 0.493. The normalized spacial score (nSPS) is 12.8. The second-order valence-electron chi connectivity index (χ2n) is 7.08. The van der Waals surface area contributed by atoms with Gasteiger partial charge in [0.2, 0.25) is 5.91 Å². The highest BCUT2D eigenvalue weighted by Gasteiger charge is 2.23. The number of pyridine rings is 2. The van der Waals surface area contributed by atoms with Crippen LogP contribution in [0.1, 0.15) is 46.6 Å². The summed E-state index contributed by atoms with van der Waals surface area (Å²) in [6, 6.07) is 4.80. The first-order valence-corrected chi connectivity index (χ1v) is 8.63. The Labute approximate surface area is 143 Å². The molecule has 0 aliphatic rings. The van der Waals surface area contributed by atoms with E-state index in [0.717, 1.165) is 6.42 Å². The fourth-order valence-electron chi connectivity index (χ4n) is 2.73. The fraction of sp³-hybridized carbons (Fsp3) is 0.526. The Kier molecular flexibility index (Phi) is 6.12. The standard InChI is InChI=1S/C19H27N3O2/c1-13(2)7-10-21-18(23)17(12-14(3)4)22-11-8-16-15(19(22)24)6-5-9-20-16/h5-6,8-9,11,13-14,17H,7,10,12H2,1-4H3,(H,21,23)/t17-/m1/s1. The smallest absolute Gasteiger partial charge is 0.260 e. The van der Waals surface area contributed by atoms with Crippen LogP contribution in [0.2, 0.25) is 0 Å². The SMILES string of the molecule is CC(C)CCNC(=O)[C@@H](CC(C)C)n1ccc2ncccc2c1=O. The van der Waals surface area contributed by atoms with Crippen molar-refractivity contribution < 1.29 is 4.79 Å². The highest BCUT2D eigenvalue weighted by atomic mass is 16.2. The summed E-state index contributed by atoms with van der Waals surface area (Å²) in [4.78, 5) is 29.6. The summed E-state index contributed by atoms with van der Waals surface area (Å²) >= 11 is 0. The van der Waals surface area contributed by atoms with Crippen LogP contribution in [0.15, 0.2) is 35.4 Å². The first-order valence-electron chi connectivity index (χ1n) is 8.63. The van der Waals surface area contributed by atoms with Crippen molar-refractivity contribution >= 4 is 16.8 Å². The summed E-state index contributed by atoms with van der Waals surface area (Å²) in [5, 5.41) is 3.52. The first-order chi connectivity index (χ1) is 11.4. The van der Waals surface area contributed by atoms with Gasteiger partial charge in [-0.15, -0.1) is 0 Å². The van der Waals surface area contributed by atoms with E-state index in [2.05, 4.69) is 38.0 Å². The summed E-state index contributed by atoms with van der Waals surface area (Å²) in [5.74, 6) is 0.750. The maximum absolute atomic E-state index is 12.8. The monoisotopic (exact) mass is 329 g/mol. The van der Waals surface area contributed by atoms with E-state index in [9.17, 15) is 9.59 Å². The van der Waals surface area contributed by atoms with E-state index in [1.807, 2.05) is 0 Å². The molecule has 0 aliphatic carbocycles. The number of carbonyl (C=O) groups excluding carboxylic acids is 1. The predicted molar refractivity (Wildman–Crippen MR) is 97.0 cm³/mol. The third-order valence-corrected chi connectivity index (χ3v) is 4.05. The lowest BCUT2D eigenvalue weighted by Gasteiger charge is -2.21. The minimum atomic E-state index is -0.491. The number of rotatable bonds is 7. The number of aromatic nitrogens is 2. The van der Waals surface area contributed by atoms with E-state index < -0.39 is 6.04 Å². The van der Waals surface area contributed by atoms with Crippen LogP contribution in [0.3, 0.4) is 0 Å². The number of carbonyl (C=O) groups is 1. The van der Waals surface area contributed by atoms with Crippen molar-refractivity contribution in [2.24, 2.45) is 11.8 Å². The molecule has 0 radical (unpaired) electrons. The van der Waals surface area contributed by atoms with Gasteiger partial charge in [0.05, 0.1) is 10.9 Å². The van der Waals surface area contributed by atoms with Gasteiger partial charge in [-0.05, 0) is 42.9 Å². The average molecular weight is 329 g/mol. The number of hydrogen-bond acceptors (Lipinski definition) is 3. The molecule has 0 spiro atoms. The molecule has 0 saturated heterocycles. The molecule has 2 heterocycles. The maximum atomic E-state index is 12.8. The fourth-order valence-corrected chi connectivity index (χ4v) is 2.73. The van der Waals surface area contributed by atoms with E-state index in [-0.39, 0.29) is 11.5 Å². The highest BCUT2D eigenvalue weighted by molar-refractivity contribution is 5.81. The minimum absolute atomic E-state index is 0.0882. The number of hydrogen-bond donors (Lipinski definition) is 1. The topological polar surface area (TPSA) is 64.0 Å². The average Bonchev–Trinajstić information content (AvgIpc) is 2.53. The number of amides is 1. The van der Waals surface area contributed by atoms with E-state index in [4.69, 9.17) is 0 Å². The molecule has 1 N–H and O–H groups in total. The second kappa shape index (κ2) is 8.08. The van der Waals surface area contributed by atoms with Gasteiger partial charge in [0.25, 0.3) is 5.56 Å². The van der Waals surface area contributed by atoms with Gasteiger partial charge in [-0.1, -0.05) is 27.7 Å². The molecule has 0 aromatic carbocycles. The Morgan fingerprint density at radius 2 is 1.96 bits per heavy atom. The van der Waals surface area contributed by atoms with Crippen LogP contribution < -0.4 is 10.9 Å². The van der Waals surface area contributed by atoms with Gasteiger partial charge in [-0.2, -0.15) is 0 Å². The molecule has 1 atom stereocenters. The van der Waals surface area contributed by atoms with Gasteiger partial charge in [0.1, 0.15) is 6.04 Å². The van der Waals surface area contributed by atoms with Crippen molar-refractivity contribution in [3.05, 3.63) is 40.9 Å². The van der Waals surface area contributed by atoms with Crippen LogP contribution in [0.25, 0.3) is 10.9 Å². The molecule has 1 amide bonds. The van der Waals surface area contributed by atoms with Crippen molar-refractivity contribution in [1.82, 2.24) is 14.9 Å². The van der Waals surface area contributed by atoms with Crippen molar-refractivity contribution in [3.8, 4) is 0 Å². The van der Waals surface area contributed by atoms with E-state index >= 15 is 0 Å². The van der Waals surface area contributed by atoms with Crippen LogP contribution in [0.5, 0.6) is 0 Å². The van der Waals surface area contributed by atoms with Crippen LogP contribution in [0, 0.1) is 11.8 Å². The Morgan fingerprint density at radius 1 is 1.21 bits per heavy atom. The first kappa shape index (κ1) is 18.2. The molecule has 130 valence electrons. The number of nitrogens with one attached hydrogen (secondary N) is 1. The molecule has 0 saturated carbocycles. The molecule has 2 rings (SSSR count). The van der Waals surface area contributed by atoms with Crippen LogP contribution in [-0.4, -0.2) is 22.0 Å². The lowest BCUT2D eigenvalue weighted by Crippen LogP contribution is -2.38. The van der Waals surface area contributed by atoms with Crippen molar-refractivity contribution in [2.45, 2.75) is 46.6 Å². The summed E-state index contributed by atoms with van der Waals surface area (Å²) < 4.78 is 1.55. The van der Waals surface area contributed by atoms with Crippen molar-refractivity contribution in [3.63, 3.8) is 0 Å². The Morgan fingerprint density at radius 3 is 2.62 bits per heavy atom. The van der Waals surface area contributed by atoms with Crippen LogP contribution in [-0.2, 0) is 4.79 Å². The van der Waals surface area contributed by atoms with E-state index in [0.29, 0.717) is 35.7 Å². The minimum Gasteiger partial charge on any atom is -0.354 e. The molecule has 0 unspecified atom stereocenters. The highest BCUT2D eigenvalue weighted by Crippen LogP contribution is 2.18. The summed E-state index contributed by atoms with van der Waals surface area (Å²) in [6.07, 6.45) is 4.90. The zero-order chi connectivity index (χ0) is 17.7.